The predicted molar refractivity (Wildman–Crippen MR) is 77.6 cm³/mol. The van der Waals surface area contributed by atoms with Crippen LogP contribution in [0.2, 0.25) is 0 Å². The second kappa shape index (κ2) is 6.26. The molecule has 0 aliphatic heterocycles. The van der Waals surface area contributed by atoms with E-state index in [1.165, 1.54) is 18.2 Å². The van der Waals surface area contributed by atoms with Crippen LogP contribution < -0.4 is 4.72 Å². The van der Waals surface area contributed by atoms with Gasteiger partial charge in [0.05, 0.1) is 11.8 Å². The van der Waals surface area contributed by atoms with Crippen molar-refractivity contribution in [2.24, 2.45) is 0 Å². The maximum atomic E-state index is 12.0. The average Bonchev–Trinajstić information content (AvgIpc) is 2.39. The van der Waals surface area contributed by atoms with Crippen LogP contribution in [-0.4, -0.2) is 32.5 Å². The van der Waals surface area contributed by atoms with Crippen LogP contribution in [0, 0.1) is 0 Å². The van der Waals surface area contributed by atoms with E-state index in [-0.39, 0.29) is 17.0 Å². The minimum atomic E-state index is -3.41. The number of anilines is 1. The summed E-state index contributed by atoms with van der Waals surface area (Å²) in [4.78, 5) is 23.7. The number of carbonyl (C=O) groups excluding carboxylic acids is 2. The molecular weight excluding hydrogens is 294 g/mol. The molecule has 6 nitrogen and oxygen atoms in total. The summed E-state index contributed by atoms with van der Waals surface area (Å²) in [5.41, 5.74) is 0.490. The molecule has 1 N–H and O–H groups in total. The Bertz CT molecular complexity index is 653. The Balaban J connectivity index is 2.08. The van der Waals surface area contributed by atoms with Crippen molar-refractivity contribution in [1.29, 1.82) is 0 Å². The molecular formula is C14H17NO5S. The Morgan fingerprint density at radius 3 is 2.76 bits per heavy atom. The van der Waals surface area contributed by atoms with E-state index in [0.29, 0.717) is 12.8 Å². The van der Waals surface area contributed by atoms with Crippen molar-refractivity contribution in [2.45, 2.75) is 31.8 Å². The first-order valence-electron chi connectivity index (χ1n) is 6.67. The molecule has 7 heteroatoms. The van der Waals surface area contributed by atoms with E-state index in [4.69, 9.17) is 4.74 Å². The first-order valence-corrected chi connectivity index (χ1v) is 8.56. The maximum Gasteiger partial charge on any atom is 0.338 e. The Hall–Kier alpha value is -1.89. The van der Waals surface area contributed by atoms with Crippen molar-refractivity contribution in [3.05, 3.63) is 29.8 Å². The van der Waals surface area contributed by atoms with Gasteiger partial charge in [-0.15, -0.1) is 0 Å². The first kappa shape index (κ1) is 15.5. The van der Waals surface area contributed by atoms with Gasteiger partial charge in [-0.1, -0.05) is 6.07 Å². The fraction of sp³-hybridized carbons (Fsp3) is 0.429. The molecule has 0 aromatic heterocycles. The number of esters is 1. The number of carbonyl (C=O) groups is 2. The number of hydrogen-bond donors (Lipinski definition) is 1. The van der Waals surface area contributed by atoms with Gasteiger partial charge < -0.3 is 4.74 Å². The molecule has 1 atom stereocenters. The van der Waals surface area contributed by atoms with Gasteiger partial charge in [0.1, 0.15) is 0 Å². The lowest BCUT2D eigenvalue weighted by atomic mass is 9.96. The number of sulfonamides is 1. The summed E-state index contributed by atoms with van der Waals surface area (Å²) in [6.45, 7) is 0. The highest BCUT2D eigenvalue weighted by atomic mass is 32.2. The molecule has 0 spiro atoms. The summed E-state index contributed by atoms with van der Waals surface area (Å²) in [7, 11) is -3.41. The van der Waals surface area contributed by atoms with Crippen molar-refractivity contribution in [1.82, 2.24) is 0 Å². The highest BCUT2D eigenvalue weighted by Gasteiger charge is 2.26. The highest BCUT2D eigenvalue weighted by molar-refractivity contribution is 7.92. The number of ether oxygens (including phenoxy) is 1. The zero-order chi connectivity index (χ0) is 15.5. The van der Waals surface area contributed by atoms with Crippen LogP contribution >= 0.6 is 0 Å². The topological polar surface area (TPSA) is 89.5 Å². The van der Waals surface area contributed by atoms with Crippen LogP contribution in [0.4, 0.5) is 5.69 Å². The lowest BCUT2D eigenvalue weighted by Crippen LogP contribution is -2.30. The number of nitrogens with one attached hydrogen (secondary N) is 1. The molecule has 1 aromatic carbocycles. The van der Waals surface area contributed by atoms with E-state index in [1.54, 1.807) is 6.07 Å². The smallest absolute Gasteiger partial charge is 0.338 e. The molecule has 114 valence electrons. The number of hydrogen-bond acceptors (Lipinski definition) is 5. The molecule has 0 heterocycles. The second-order valence-corrected chi connectivity index (χ2v) is 6.81. The number of rotatable bonds is 4. The van der Waals surface area contributed by atoms with Crippen molar-refractivity contribution < 1.29 is 22.7 Å². The molecule has 1 saturated carbocycles. The van der Waals surface area contributed by atoms with Crippen molar-refractivity contribution in [3.8, 4) is 0 Å². The van der Waals surface area contributed by atoms with E-state index >= 15 is 0 Å². The summed E-state index contributed by atoms with van der Waals surface area (Å²) in [6, 6.07) is 5.98. The number of benzene rings is 1. The Kier molecular flexibility index (Phi) is 4.62. The van der Waals surface area contributed by atoms with E-state index in [1.807, 2.05) is 0 Å². The zero-order valence-electron chi connectivity index (χ0n) is 11.7. The van der Waals surface area contributed by atoms with Gasteiger partial charge in [-0.3, -0.25) is 9.52 Å². The lowest BCUT2D eigenvalue weighted by Gasteiger charge is -2.20. The van der Waals surface area contributed by atoms with Crippen molar-refractivity contribution in [3.63, 3.8) is 0 Å². The summed E-state index contributed by atoms with van der Waals surface area (Å²) in [5.74, 6) is -0.674. The zero-order valence-corrected chi connectivity index (χ0v) is 12.5. The van der Waals surface area contributed by atoms with Crippen LogP contribution in [0.5, 0.6) is 0 Å². The standard InChI is InChI=1S/C14H17NO5S/c1-21(18,19)15-11-6-4-5-10(9-11)14(17)20-13-8-3-2-7-12(13)16/h4-6,9,13,15H,2-3,7-8H2,1H3. The summed E-state index contributed by atoms with van der Waals surface area (Å²) in [5, 5.41) is 0. The normalized spacial score (nSPS) is 19.1. The van der Waals surface area contributed by atoms with Gasteiger partial charge >= 0.3 is 5.97 Å². The maximum absolute atomic E-state index is 12.0. The third kappa shape index (κ3) is 4.56. The fourth-order valence-electron chi connectivity index (χ4n) is 2.20. The SMILES string of the molecule is CS(=O)(=O)Nc1cccc(C(=O)OC2CCCCC2=O)c1. The van der Waals surface area contributed by atoms with Gasteiger partial charge in [-0.2, -0.15) is 0 Å². The second-order valence-electron chi connectivity index (χ2n) is 5.06. The molecule has 0 saturated heterocycles. The largest absolute Gasteiger partial charge is 0.451 e. The van der Waals surface area contributed by atoms with E-state index in [0.717, 1.165) is 19.1 Å². The van der Waals surface area contributed by atoms with E-state index < -0.39 is 22.1 Å². The van der Waals surface area contributed by atoms with Crippen LogP contribution in [0.15, 0.2) is 24.3 Å². The Labute approximate surface area is 123 Å². The van der Waals surface area contributed by atoms with Crippen LogP contribution in [0.3, 0.4) is 0 Å². The first-order chi connectivity index (χ1) is 9.85. The van der Waals surface area contributed by atoms with Crippen molar-refractivity contribution in [2.75, 3.05) is 11.0 Å². The van der Waals surface area contributed by atoms with Gasteiger partial charge in [-0.25, -0.2) is 13.2 Å². The van der Waals surface area contributed by atoms with E-state index in [2.05, 4.69) is 4.72 Å². The number of Topliss-reactive ketones (excluding diaryl/α,β-unsaturated/α-hetero) is 1. The van der Waals surface area contributed by atoms with Gasteiger partial charge in [0.2, 0.25) is 10.0 Å². The molecule has 0 bridgehead atoms. The lowest BCUT2D eigenvalue weighted by molar-refractivity contribution is -0.129. The quantitative estimate of drug-likeness (QED) is 0.855. The average molecular weight is 311 g/mol. The Morgan fingerprint density at radius 2 is 2.10 bits per heavy atom. The fourth-order valence-corrected chi connectivity index (χ4v) is 2.75. The molecule has 0 amide bonds. The predicted octanol–water partition coefficient (Wildman–Crippen LogP) is 1.73. The molecule has 0 radical (unpaired) electrons. The summed E-state index contributed by atoms with van der Waals surface area (Å²) in [6.07, 6.45) is 3.02. The molecule has 1 aliphatic carbocycles. The van der Waals surface area contributed by atoms with Crippen LogP contribution in [0.1, 0.15) is 36.0 Å². The molecule has 1 unspecified atom stereocenters. The van der Waals surface area contributed by atoms with Gasteiger partial charge in [0.25, 0.3) is 0 Å². The summed E-state index contributed by atoms with van der Waals surface area (Å²) < 4.78 is 29.8. The highest BCUT2D eigenvalue weighted by Crippen LogP contribution is 2.20. The van der Waals surface area contributed by atoms with Crippen LogP contribution in [0.25, 0.3) is 0 Å². The summed E-state index contributed by atoms with van der Waals surface area (Å²) >= 11 is 0. The van der Waals surface area contributed by atoms with Gasteiger partial charge in [0, 0.05) is 12.1 Å². The van der Waals surface area contributed by atoms with Gasteiger partial charge in [0.15, 0.2) is 11.9 Å². The minimum absolute atomic E-state index is 0.0555. The van der Waals surface area contributed by atoms with Crippen LogP contribution in [-0.2, 0) is 19.6 Å². The third-order valence-corrected chi connectivity index (χ3v) is 3.76. The third-order valence-electron chi connectivity index (χ3n) is 3.15. The molecule has 2 rings (SSSR count). The molecule has 1 aliphatic rings. The molecule has 21 heavy (non-hydrogen) atoms. The monoisotopic (exact) mass is 311 g/mol. The molecule has 1 fully saturated rings. The molecule has 1 aromatic rings. The minimum Gasteiger partial charge on any atom is -0.451 e. The van der Waals surface area contributed by atoms with E-state index in [9.17, 15) is 18.0 Å². The van der Waals surface area contributed by atoms with Gasteiger partial charge in [-0.05, 0) is 37.5 Å². The number of ketones is 1. The Morgan fingerprint density at radius 1 is 1.33 bits per heavy atom. The van der Waals surface area contributed by atoms with Crippen molar-refractivity contribution >= 4 is 27.5 Å².